The van der Waals surface area contributed by atoms with Crippen LogP contribution in [0.3, 0.4) is 0 Å². The molecule has 0 spiro atoms. The molecule has 0 radical (unpaired) electrons. The highest BCUT2D eigenvalue weighted by Crippen LogP contribution is 2.38. The van der Waals surface area contributed by atoms with E-state index >= 15 is 0 Å². The van der Waals surface area contributed by atoms with Crippen molar-refractivity contribution >= 4 is 0 Å². The molecule has 1 aliphatic carbocycles. The van der Waals surface area contributed by atoms with Gasteiger partial charge < -0.3 is 10.6 Å². The van der Waals surface area contributed by atoms with Crippen LogP contribution in [0.5, 0.6) is 0 Å². The van der Waals surface area contributed by atoms with Crippen LogP contribution in [0.2, 0.25) is 0 Å². The molecule has 3 atom stereocenters. The summed E-state index contributed by atoms with van der Waals surface area (Å²) in [5, 5.41) is 0. The van der Waals surface area contributed by atoms with Gasteiger partial charge in [-0.3, -0.25) is 0 Å². The molecular weight excluding hydrogens is 124 g/mol. The predicted molar refractivity (Wildman–Crippen MR) is 41.7 cm³/mol. The summed E-state index contributed by atoms with van der Waals surface area (Å²) in [6, 6.07) is 0.521. The van der Waals surface area contributed by atoms with Crippen molar-refractivity contribution < 1.29 is 0 Å². The van der Waals surface area contributed by atoms with E-state index in [0.717, 1.165) is 11.8 Å². The number of nitrogens with zero attached hydrogens (tertiary/aromatic N) is 1. The van der Waals surface area contributed by atoms with Crippen LogP contribution in [0.4, 0.5) is 0 Å². The fourth-order valence-corrected chi connectivity index (χ4v) is 2.31. The lowest BCUT2D eigenvalue weighted by Crippen LogP contribution is -2.55. The lowest BCUT2D eigenvalue weighted by molar-refractivity contribution is 0.0381. The monoisotopic (exact) mass is 140 g/mol. The maximum absolute atomic E-state index is 5.87. The molecule has 0 amide bonds. The number of hydrogen-bond donors (Lipinski definition) is 1. The fraction of sp³-hybridized carbons (Fsp3) is 1.00. The minimum absolute atomic E-state index is 0.521. The third-order valence-electron chi connectivity index (χ3n) is 3.13. The number of rotatable bonds is 0. The van der Waals surface area contributed by atoms with Crippen LogP contribution in [-0.4, -0.2) is 31.1 Å². The number of fused-ring (bicyclic) bond motifs is 1. The Morgan fingerprint density at radius 1 is 1.50 bits per heavy atom. The highest BCUT2D eigenvalue weighted by Gasteiger charge is 2.40. The molecule has 0 aromatic rings. The Bertz CT molecular complexity index is 133. The molecular formula is C8H16N2. The maximum atomic E-state index is 5.87. The third-order valence-corrected chi connectivity index (χ3v) is 3.13. The van der Waals surface area contributed by atoms with Crippen LogP contribution in [0, 0.1) is 11.8 Å². The zero-order chi connectivity index (χ0) is 7.14. The van der Waals surface area contributed by atoms with Crippen LogP contribution in [0.1, 0.15) is 12.8 Å². The van der Waals surface area contributed by atoms with Gasteiger partial charge in [0, 0.05) is 12.6 Å². The van der Waals surface area contributed by atoms with Gasteiger partial charge in [0.05, 0.1) is 0 Å². The van der Waals surface area contributed by atoms with E-state index < -0.39 is 0 Å². The molecule has 58 valence electrons. The topological polar surface area (TPSA) is 29.3 Å². The van der Waals surface area contributed by atoms with Gasteiger partial charge in [0.2, 0.25) is 0 Å². The first kappa shape index (κ1) is 6.62. The first-order valence-corrected chi connectivity index (χ1v) is 4.21. The summed E-state index contributed by atoms with van der Waals surface area (Å²) in [7, 11) is 2.20. The number of likely N-dealkylation sites (tertiary alicyclic amines) is 1. The van der Waals surface area contributed by atoms with Crippen LogP contribution >= 0.6 is 0 Å². The number of piperidine rings is 1. The highest BCUT2D eigenvalue weighted by molar-refractivity contribution is 4.96. The predicted octanol–water partition coefficient (Wildman–Crippen LogP) is 0.285. The largest absolute Gasteiger partial charge is 0.327 e. The van der Waals surface area contributed by atoms with E-state index in [1.807, 2.05) is 0 Å². The van der Waals surface area contributed by atoms with Gasteiger partial charge in [0.15, 0.2) is 0 Å². The Kier molecular flexibility index (Phi) is 1.46. The molecule has 1 heterocycles. The fourth-order valence-electron chi connectivity index (χ4n) is 2.31. The van der Waals surface area contributed by atoms with Gasteiger partial charge in [0.1, 0.15) is 0 Å². The van der Waals surface area contributed by atoms with E-state index in [1.54, 1.807) is 0 Å². The molecule has 2 aliphatic rings. The Morgan fingerprint density at radius 3 is 2.90 bits per heavy atom. The molecule has 0 aromatic carbocycles. The smallest absolute Gasteiger partial charge is 0.00848 e. The van der Waals surface area contributed by atoms with Gasteiger partial charge in [0.25, 0.3) is 0 Å². The summed E-state index contributed by atoms with van der Waals surface area (Å²) in [6.07, 6.45) is 2.67. The summed E-state index contributed by atoms with van der Waals surface area (Å²) in [5.74, 6) is 1.81. The molecule has 1 aliphatic heterocycles. The van der Waals surface area contributed by atoms with Crippen molar-refractivity contribution in [3.8, 4) is 0 Å². The molecule has 1 saturated carbocycles. The number of nitrogens with two attached hydrogens (primary N) is 1. The summed E-state index contributed by atoms with van der Waals surface area (Å²) in [4.78, 5) is 2.40. The standard InChI is InChI=1S/C8H16N2/c1-10-3-2-6-4-8(9)7(6)5-10/h6-8H,2-5,9H2,1H3/t6-,7-,8-/m1/s1. The van der Waals surface area contributed by atoms with E-state index in [-0.39, 0.29) is 0 Å². The molecule has 0 aromatic heterocycles. The maximum Gasteiger partial charge on any atom is 0.00848 e. The van der Waals surface area contributed by atoms with E-state index in [9.17, 15) is 0 Å². The minimum Gasteiger partial charge on any atom is -0.327 e. The Balaban J connectivity index is 1.94. The highest BCUT2D eigenvalue weighted by atomic mass is 15.1. The van der Waals surface area contributed by atoms with E-state index in [1.165, 1.54) is 25.9 Å². The van der Waals surface area contributed by atoms with Gasteiger partial charge in [-0.1, -0.05) is 0 Å². The third kappa shape index (κ3) is 0.867. The first-order chi connectivity index (χ1) is 4.77. The lowest BCUT2D eigenvalue weighted by Gasteiger charge is -2.48. The average molecular weight is 140 g/mol. The molecule has 2 rings (SSSR count). The van der Waals surface area contributed by atoms with Crippen molar-refractivity contribution in [3.05, 3.63) is 0 Å². The normalized spacial score (nSPS) is 48.0. The minimum atomic E-state index is 0.521. The van der Waals surface area contributed by atoms with Crippen molar-refractivity contribution in [2.24, 2.45) is 17.6 Å². The van der Waals surface area contributed by atoms with E-state index in [0.29, 0.717) is 6.04 Å². The van der Waals surface area contributed by atoms with Gasteiger partial charge in [-0.2, -0.15) is 0 Å². The van der Waals surface area contributed by atoms with Crippen LogP contribution < -0.4 is 5.73 Å². The second-order valence-corrected chi connectivity index (χ2v) is 3.87. The Hall–Kier alpha value is -0.0800. The van der Waals surface area contributed by atoms with Crippen LogP contribution in [0.15, 0.2) is 0 Å². The second kappa shape index (κ2) is 2.21. The van der Waals surface area contributed by atoms with Gasteiger partial charge in [-0.25, -0.2) is 0 Å². The zero-order valence-corrected chi connectivity index (χ0v) is 6.59. The van der Waals surface area contributed by atoms with Crippen LogP contribution in [0.25, 0.3) is 0 Å². The molecule has 2 fully saturated rings. The molecule has 0 bridgehead atoms. The lowest BCUT2D eigenvalue weighted by atomic mass is 9.66. The zero-order valence-electron chi connectivity index (χ0n) is 6.59. The number of hydrogen-bond acceptors (Lipinski definition) is 2. The Morgan fingerprint density at radius 2 is 2.30 bits per heavy atom. The van der Waals surface area contributed by atoms with Crippen molar-refractivity contribution in [1.82, 2.24) is 4.90 Å². The average Bonchev–Trinajstić information content (AvgIpc) is 1.92. The molecule has 1 saturated heterocycles. The molecule has 2 nitrogen and oxygen atoms in total. The SMILES string of the molecule is CN1CC[C@@H]2C[C@@H](N)[C@@H]2C1. The van der Waals surface area contributed by atoms with E-state index in [2.05, 4.69) is 11.9 Å². The van der Waals surface area contributed by atoms with Crippen molar-refractivity contribution in [3.63, 3.8) is 0 Å². The van der Waals surface area contributed by atoms with Gasteiger partial charge in [-0.15, -0.1) is 0 Å². The summed E-state index contributed by atoms with van der Waals surface area (Å²) in [6.45, 7) is 2.53. The van der Waals surface area contributed by atoms with E-state index in [4.69, 9.17) is 5.73 Å². The van der Waals surface area contributed by atoms with Gasteiger partial charge >= 0.3 is 0 Å². The molecule has 0 unspecified atom stereocenters. The van der Waals surface area contributed by atoms with Crippen LogP contribution in [-0.2, 0) is 0 Å². The summed E-state index contributed by atoms with van der Waals surface area (Å²) in [5.41, 5.74) is 5.87. The molecule has 2 N–H and O–H groups in total. The summed E-state index contributed by atoms with van der Waals surface area (Å²) < 4.78 is 0. The molecule has 10 heavy (non-hydrogen) atoms. The molecule has 2 heteroatoms. The quantitative estimate of drug-likeness (QED) is 0.524. The summed E-state index contributed by atoms with van der Waals surface area (Å²) >= 11 is 0. The van der Waals surface area contributed by atoms with Gasteiger partial charge in [-0.05, 0) is 38.3 Å². The van der Waals surface area contributed by atoms with Crippen molar-refractivity contribution in [2.45, 2.75) is 18.9 Å². The van der Waals surface area contributed by atoms with Crippen molar-refractivity contribution in [2.75, 3.05) is 20.1 Å². The first-order valence-electron chi connectivity index (χ1n) is 4.21. The second-order valence-electron chi connectivity index (χ2n) is 3.87. The Labute approximate surface area is 62.4 Å². The van der Waals surface area contributed by atoms with Crippen molar-refractivity contribution in [1.29, 1.82) is 0 Å².